The second kappa shape index (κ2) is 5.45. The number of carbonyl (C=O) groups is 1. The number of aromatic amines is 1. The number of H-pyrrole nitrogens is 1. The van der Waals surface area contributed by atoms with Crippen molar-refractivity contribution >= 4 is 27.3 Å². The van der Waals surface area contributed by atoms with Crippen LogP contribution in [0.25, 0.3) is 10.1 Å². The molecule has 0 spiro atoms. The fraction of sp³-hybridized carbons (Fsp3) is 0.368. The summed E-state index contributed by atoms with van der Waals surface area (Å²) in [5.74, 6) is 0.197. The Morgan fingerprint density at radius 3 is 3.00 bits per heavy atom. The van der Waals surface area contributed by atoms with Crippen LogP contribution in [0, 0.1) is 0 Å². The van der Waals surface area contributed by atoms with Crippen molar-refractivity contribution in [3.05, 3.63) is 52.7 Å². The summed E-state index contributed by atoms with van der Waals surface area (Å²) in [6.07, 6.45) is 7.14. The number of benzene rings is 1. The van der Waals surface area contributed by atoms with Crippen LogP contribution in [-0.4, -0.2) is 33.1 Å². The van der Waals surface area contributed by atoms with Crippen molar-refractivity contribution in [2.75, 3.05) is 0 Å². The van der Waals surface area contributed by atoms with E-state index in [1.165, 1.54) is 21.3 Å². The molecule has 24 heavy (non-hydrogen) atoms. The van der Waals surface area contributed by atoms with Crippen molar-refractivity contribution in [1.29, 1.82) is 0 Å². The van der Waals surface area contributed by atoms with Gasteiger partial charge in [0.2, 0.25) is 0 Å². The Bertz CT molecular complexity index is 908. The predicted octanol–water partition coefficient (Wildman–Crippen LogP) is 3.79. The Labute approximate surface area is 144 Å². The van der Waals surface area contributed by atoms with Crippen LogP contribution in [0.15, 0.2) is 35.8 Å². The van der Waals surface area contributed by atoms with Crippen molar-refractivity contribution < 1.29 is 4.79 Å². The molecule has 0 bridgehead atoms. The molecule has 5 rings (SSSR count). The summed E-state index contributed by atoms with van der Waals surface area (Å²) < 4.78 is 1.24. The van der Waals surface area contributed by atoms with Gasteiger partial charge in [-0.3, -0.25) is 9.89 Å². The van der Waals surface area contributed by atoms with Crippen LogP contribution in [0.3, 0.4) is 0 Å². The van der Waals surface area contributed by atoms with E-state index in [1.807, 2.05) is 12.3 Å². The number of fused-ring (bicyclic) bond motifs is 2. The zero-order valence-corrected chi connectivity index (χ0v) is 14.2. The van der Waals surface area contributed by atoms with Crippen LogP contribution < -0.4 is 0 Å². The van der Waals surface area contributed by atoms with Crippen molar-refractivity contribution in [3.63, 3.8) is 0 Å². The lowest BCUT2D eigenvalue weighted by molar-refractivity contribution is 0.0643. The van der Waals surface area contributed by atoms with Gasteiger partial charge < -0.3 is 4.90 Å². The summed E-state index contributed by atoms with van der Waals surface area (Å²) in [5.41, 5.74) is 3.35. The molecule has 1 atom stereocenters. The van der Waals surface area contributed by atoms with Gasteiger partial charge in [0.25, 0.3) is 5.91 Å². The van der Waals surface area contributed by atoms with Crippen LogP contribution in [0.1, 0.15) is 40.9 Å². The lowest BCUT2D eigenvalue weighted by Gasteiger charge is -2.34. The van der Waals surface area contributed by atoms with Gasteiger partial charge in [0, 0.05) is 28.0 Å². The van der Waals surface area contributed by atoms with Gasteiger partial charge >= 0.3 is 0 Å². The highest BCUT2D eigenvalue weighted by molar-refractivity contribution is 7.17. The molecule has 2 heterocycles. The van der Waals surface area contributed by atoms with E-state index in [9.17, 15) is 4.79 Å². The minimum atomic E-state index is 0.197. The Morgan fingerprint density at radius 1 is 1.21 bits per heavy atom. The Hall–Kier alpha value is -2.14. The first-order chi connectivity index (χ1) is 11.8. The second-order valence-corrected chi connectivity index (χ2v) is 7.83. The highest BCUT2D eigenvalue weighted by Crippen LogP contribution is 2.35. The molecule has 3 aromatic rings. The number of nitrogens with zero attached hydrogens (tertiary/aromatic N) is 2. The molecule has 1 aromatic carbocycles. The maximum absolute atomic E-state index is 13.2. The fourth-order valence-corrected chi connectivity index (χ4v) is 4.64. The maximum Gasteiger partial charge on any atom is 0.254 e. The van der Waals surface area contributed by atoms with Crippen LogP contribution in [0.5, 0.6) is 0 Å². The molecule has 1 fully saturated rings. The van der Waals surface area contributed by atoms with Crippen LogP contribution >= 0.6 is 11.3 Å². The molecule has 4 nitrogen and oxygen atoms in total. The van der Waals surface area contributed by atoms with Gasteiger partial charge in [-0.15, -0.1) is 11.3 Å². The number of amides is 1. The normalized spacial score (nSPS) is 20.1. The number of aromatic nitrogens is 2. The molecule has 1 amide bonds. The van der Waals surface area contributed by atoms with Gasteiger partial charge in [0.1, 0.15) is 0 Å². The Morgan fingerprint density at radius 2 is 2.12 bits per heavy atom. The van der Waals surface area contributed by atoms with Crippen LogP contribution in [-0.2, 0) is 12.8 Å². The molecule has 1 saturated carbocycles. The van der Waals surface area contributed by atoms with E-state index in [-0.39, 0.29) is 5.91 Å². The van der Waals surface area contributed by atoms with E-state index in [0.717, 1.165) is 37.7 Å². The third-order valence-corrected chi connectivity index (χ3v) is 6.16. The average molecular weight is 337 g/mol. The second-order valence-electron chi connectivity index (χ2n) is 6.89. The van der Waals surface area contributed by atoms with E-state index < -0.39 is 0 Å². The largest absolute Gasteiger partial charge is 0.332 e. The van der Waals surface area contributed by atoms with E-state index in [0.29, 0.717) is 12.1 Å². The fourth-order valence-electron chi connectivity index (χ4n) is 3.87. The first-order valence-corrected chi connectivity index (χ1v) is 9.48. The van der Waals surface area contributed by atoms with Gasteiger partial charge in [-0.25, -0.2) is 0 Å². The SMILES string of the molecule is O=C(c1ccc2sccc2c1)N(C1CC1)C1CCc2[nH]ncc2C1. The third-order valence-electron chi connectivity index (χ3n) is 5.26. The van der Waals surface area contributed by atoms with E-state index in [1.54, 1.807) is 11.3 Å². The zero-order chi connectivity index (χ0) is 16.1. The Kier molecular flexibility index (Phi) is 3.23. The quantitative estimate of drug-likeness (QED) is 0.790. The highest BCUT2D eigenvalue weighted by atomic mass is 32.1. The number of rotatable bonds is 3. The maximum atomic E-state index is 13.2. The molecule has 0 radical (unpaired) electrons. The minimum absolute atomic E-state index is 0.197. The molecule has 5 heteroatoms. The van der Waals surface area contributed by atoms with Crippen molar-refractivity contribution in [1.82, 2.24) is 15.1 Å². The van der Waals surface area contributed by atoms with Gasteiger partial charge in [0.05, 0.1) is 6.20 Å². The molecule has 2 aromatic heterocycles. The van der Waals surface area contributed by atoms with Gasteiger partial charge in [-0.2, -0.15) is 5.10 Å². The number of aryl methyl sites for hydroxylation is 1. The summed E-state index contributed by atoms with van der Waals surface area (Å²) in [6.45, 7) is 0. The molecule has 2 aliphatic rings. The number of hydrogen-bond donors (Lipinski definition) is 1. The zero-order valence-electron chi connectivity index (χ0n) is 13.4. The third kappa shape index (κ3) is 2.35. The molecule has 1 unspecified atom stereocenters. The van der Waals surface area contributed by atoms with Gasteiger partial charge in [-0.05, 0) is 72.7 Å². The van der Waals surface area contributed by atoms with E-state index in [2.05, 4.69) is 38.7 Å². The van der Waals surface area contributed by atoms with Gasteiger partial charge in [-0.1, -0.05) is 0 Å². The van der Waals surface area contributed by atoms with Crippen LogP contribution in [0.4, 0.5) is 0 Å². The number of thiophene rings is 1. The molecular weight excluding hydrogens is 318 g/mol. The molecule has 122 valence electrons. The number of nitrogens with one attached hydrogen (secondary N) is 1. The summed E-state index contributed by atoms with van der Waals surface area (Å²) in [7, 11) is 0. The molecule has 0 saturated heterocycles. The Balaban J connectivity index is 1.46. The van der Waals surface area contributed by atoms with Gasteiger partial charge in [0.15, 0.2) is 0 Å². The average Bonchev–Trinajstić information content (AvgIpc) is 3.13. The summed E-state index contributed by atoms with van der Waals surface area (Å²) in [4.78, 5) is 15.4. The minimum Gasteiger partial charge on any atom is -0.332 e. The molecule has 1 N–H and O–H groups in total. The highest BCUT2D eigenvalue weighted by Gasteiger charge is 2.39. The lowest BCUT2D eigenvalue weighted by Crippen LogP contribution is -2.44. The number of hydrogen-bond acceptors (Lipinski definition) is 3. The number of carbonyl (C=O) groups excluding carboxylic acids is 1. The summed E-state index contributed by atoms with van der Waals surface area (Å²) in [6, 6.07) is 8.94. The summed E-state index contributed by atoms with van der Waals surface area (Å²) in [5, 5.41) is 10.5. The topological polar surface area (TPSA) is 49.0 Å². The van der Waals surface area contributed by atoms with Crippen molar-refractivity contribution in [2.45, 2.75) is 44.2 Å². The molecule has 2 aliphatic carbocycles. The van der Waals surface area contributed by atoms with Crippen LogP contribution in [0.2, 0.25) is 0 Å². The molecular formula is C19H19N3OS. The summed E-state index contributed by atoms with van der Waals surface area (Å²) >= 11 is 1.72. The first kappa shape index (κ1) is 14.2. The first-order valence-electron chi connectivity index (χ1n) is 8.60. The van der Waals surface area contributed by atoms with Crippen molar-refractivity contribution in [3.8, 4) is 0 Å². The smallest absolute Gasteiger partial charge is 0.254 e. The standard InChI is InChI=1S/C19H19N3OS/c23-19(13-1-6-18-12(9-13)7-8-24-18)22(15-2-3-15)16-4-5-17-14(10-16)11-20-21-17/h1,6-9,11,15-16H,2-5,10H2,(H,20,21). The lowest BCUT2D eigenvalue weighted by atomic mass is 9.91. The monoisotopic (exact) mass is 337 g/mol. The van der Waals surface area contributed by atoms with Crippen molar-refractivity contribution in [2.24, 2.45) is 0 Å². The van der Waals surface area contributed by atoms with E-state index >= 15 is 0 Å². The molecule has 0 aliphatic heterocycles. The van der Waals surface area contributed by atoms with E-state index in [4.69, 9.17) is 0 Å². The predicted molar refractivity (Wildman–Crippen MR) is 95.4 cm³/mol.